The second kappa shape index (κ2) is 4.02. The summed E-state index contributed by atoms with van der Waals surface area (Å²) in [5.74, 6) is -0.0828. The Balaban J connectivity index is 2.63. The van der Waals surface area contributed by atoms with E-state index in [1.54, 1.807) is 6.92 Å². The molecule has 14 heavy (non-hydrogen) atoms. The van der Waals surface area contributed by atoms with Crippen LogP contribution in [0.5, 0.6) is 0 Å². The number of carbonyl (C=O) groups excluding carboxylic acids is 1. The lowest BCUT2D eigenvalue weighted by Gasteiger charge is -2.25. The van der Waals surface area contributed by atoms with Crippen LogP contribution >= 0.6 is 0 Å². The van der Waals surface area contributed by atoms with Gasteiger partial charge in [-0.3, -0.25) is 4.79 Å². The van der Waals surface area contributed by atoms with Gasteiger partial charge in [-0.1, -0.05) is 0 Å². The average molecular weight is 207 g/mol. The summed E-state index contributed by atoms with van der Waals surface area (Å²) in [4.78, 5) is 12.1. The molecule has 0 radical (unpaired) electrons. The van der Waals surface area contributed by atoms with Gasteiger partial charge in [0.25, 0.3) is 0 Å². The summed E-state index contributed by atoms with van der Waals surface area (Å²) in [5.41, 5.74) is 0.509. The maximum atomic E-state index is 12.1. The highest BCUT2D eigenvalue weighted by Gasteiger charge is 2.31. The van der Waals surface area contributed by atoms with Gasteiger partial charge in [-0.15, -0.1) is 0 Å². The molecule has 0 N–H and O–H groups in total. The van der Waals surface area contributed by atoms with E-state index < -0.39 is 12.7 Å². The molecule has 5 heteroatoms. The number of carbonyl (C=O) groups is 1. The Morgan fingerprint density at radius 2 is 2.07 bits per heavy atom. The third kappa shape index (κ3) is 3.05. The number of allylic oxidation sites excluding steroid dienone is 2. The van der Waals surface area contributed by atoms with Crippen molar-refractivity contribution in [2.75, 3.05) is 13.1 Å². The first kappa shape index (κ1) is 11.1. The van der Waals surface area contributed by atoms with E-state index in [9.17, 15) is 18.0 Å². The predicted octanol–water partition coefficient (Wildman–Crippen LogP) is 2.12. The number of alkyl halides is 3. The third-order valence-electron chi connectivity index (χ3n) is 2.11. The van der Waals surface area contributed by atoms with E-state index in [4.69, 9.17) is 0 Å². The van der Waals surface area contributed by atoms with Crippen LogP contribution in [-0.4, -0.2) is 29.9 Å². The van der Waals surface area contributed by atoms with Crippen LogP contribution < -0.4 is 0 Å². The van der Waals surface area contributed by atoms with Gasteiger partial charge in [-0.25, -0.2) is 0 Å². The number of ketones is 1. The van der Waals surface area contributed by atoms with Crippen LogP contribution in [0.1, 0.15) is 19.8 Å². The van der Waals surface area contributed by atoms with E-state index >= 15 is 0 Å². The monoisotopic (exact) mass is 207 g/mol. The highest BCUT2D eigenvalue weighted by molar-refractivity contribution is 5.92. The molecular weight excluding hydrogens is 195 g/mol. The van der Waals surface area contributed by atoms with E-state index in [1.165, 1.54) is 11.0 Å². The first-order valence-corrected chi connectivity index (χ1v) is 4.47. The van der Waals surface area contributed by atoms with Crippen molar-refractivity contribution in [1.82, 2.24) is 4.90 Å². The van der Waals surface area contributed by atoms with Gasteiger partial charge in [0.05, 0.1) is 0 Å². The van der Waals surface area contributed by atoms with Crippen LogP contribution in [0.25, 0.3) is 0 Å². The number of nitrogens with zero attached hydrogens (tertiary/aromatic N) is 1. The average Bonchev–Trinajstić information content (AvgIpc) is 2.46. The van der Waals surface area contributed by atoms with Crippen LogP contribution in [0.4, 0.5) is 13.2 Å². The summed E-state index contributed by atoms with van der Waals surface area (Å²) < 4.78 is 36.3. The summed E-state index contributed by atoms with van der Waals surface area (Å²) in [6, 6.07) is 0. The Morgan fingerprint density at radius 3 is 2.43 bits per heavy atom. The zero-order chi connectivity index (χ0) is 10.8. The summed E-state index contributed by atoms with van der Waals surface area (Å²) in [6.07, 6.45) is -2.12. The van der Waals surface area contributed by atoms with Gasteiger partial charge >= 0.3 is 6.18 Å². The second-order valence-corrected chi connectivity index (χ2v) is 3.23. The Morgan fingerprint density at radius 1 is 1.43 bits per heavy atom. The molecule has 0 aromatic heterocycles. The molecular formula is C9H12F3NO. The fourth-order valence-corrected chi connectivity index (χ4v) is 1.46. The van der Waals surface area contributed by atoms with Crippen molar-refractivity contribution in [3.8, 4) is 0 Å². The van der Waals surface area contributed by atoms with E-state index in [0.717, 1.165) is 0 Å². The summed E-state index contributed by atoms with van der Waals surface area (Å²) in [5, 5.41) is 0. The van der Waals surface area contributed by atoms with Crippen LogP contribution in [0.15, 0.2) is 11.8 Å². The molecule has 1 aliphatic carbocycles. The van der Waals surface area contributed by atoms with Gasteiger partial charge in [-0.05, 0) is 13.3 Å². The van der Waals surface area contributed by atoms with Gasteiger partial charge in [-0.2, -0.15) is 13.2 Å². The number of hydrogen-bond acceptors (Lipinski definition) is 2. The molecule has 0 aromatic carbocycles. The molecule has 0 amide bonds. The summed E-state index contributed by atoms with van der Waals surface area (Å²) in [6.45, 7) is 0.955. The van der Waals surface area contributed by atoms with Crippen molar-refractivity contribution >= 4 is 5.78 Å². The molecule has 0 fully saturated rings. The molecule has 0 aromatic rings. The van der Waals surface area contributed by atoms with E-state index in [0.29, 0.717) is 18.5 Å². The molecule has 1 aliphatic rings. The first-order valence-electron chi connectivity index (χ1n) is 4.47. The minimum Gasteiger partial charge on any atom is -0.366 e. The number of hydrogen-bond donors (Lipinski definition) is 0. The van der Waals surface area contributed by atoms with Gasteiger partial charge in [0.2, 0.25) is 0 Å². The quantitative estimate of drug-likeness (QED) is 0.706. The molecule has 0 bridgehead atoms. The molecule has 80 valence electrons. The second-order valence-electron chi connectivity index (χ2n) is 3.23. The SMILES string of the molecule is CCN(CC(F)(F)F)C1=CC(=O)CC1. The number of rotatable bonds is 3. The Labute approximate surface area is 80.4 Å². The third-order valence-corrected chi connectivity index (χ3v) is 2.11. The molecule has 0 saturated heterocycles. The largest absolute Gasteiger partial charge is 0.405 e. The summed E-state index contributed by atoms with van der Waals surface area (Å²) >= 11 is 0. The minimum absolute atomic E-state index is 0.0828. The molecule has 0 heterocycles. The Bertz CT molecular complexity index is 257. The van der Waals surface area contributed by atoms with Crippen LogP contribution in [-0.2, 0) is 4.79 Å². The zero-order valence-corrected chi connectivity index (χ0v) is 7.90. The van der Waals surface area contributed by atoms with Crippen molar-refractivity contribution in [1.29, 1.82) is 0 Å². The lowest BCUT2D eigenvalue weighted by molar-refractivity contribution is -0.141. The van der Waals surface area contributed by atoms with Crippen LogP contribution in [0, 0.1) is 0 Å². The molecule has 0 saturated carbocycles. The fourth-order valence-electron chi connectivity index (χ4n) is 1.46. The molecule has 2 nitrogen and oxygen atoms in total. The molecule has 0 spiro atoms. The van der Waals surface area contributed by atoms with E-state index in [2.05, 4.69) is 0 Å². The maximum absolute atomic E-state index is 12.1. The van der Waals surface area contributed by atoms with Gasteiger partial charge < -0.3 is 4.90 Å². The van der Waals surface area contributed by atoms with Crippen molar-refractivity contribution in [3.63, 3.8) is 0 Å². The highest BCUT2D eigenvalue weighted by atomic mass is 19.4. The van der Waals surface area contributed by atoms with E-state index in [1.807, 2.05) is 0 Å². The lowest BCUT2D eigenvalue weighted by atomic mass is 10.3. The Kier molecular flexibility index (Phi) is 3.18. The fraction of sp³-hybridized carbons (Fsp3) is 0.667. The zero-order valence-electron chi connectivity index (χ0n) is 7.90. The van der Waals surface area contributed by atoms with Crippen molar-refractivity contribution in [3.05, 3.63) is 11.8 Å². The topological polar surface area (TPSA) is 20.3 Å². The standard InChI is InChI=1S/C9H12F3NO/c1-2-13(6-9(10,11)12)7-3-4-8(14)5-7/h5H,2-4,6H2,1H3. The Hall–Kier alpha value is -1.00. The maximum Gasteiger partial charge on any atom is 0.405 e. The predicted molar refractivity (Wildman–Crippen MR) is 45.6 cm³/mol. The molecule has 1 rings (SSSR count). The highest BCUT2D eigenvalue weighted by Crippen LogP contribution is 2.24. The van der Waals surface area contributed by atoms with Crippen molar-refractivity contribution in [2.24, 2.45) is 0 Å². The minimum atomic E-state index is -4.21. The van der Waals surface area contributed by atoms with Crippen molar-refractivity contribution in [2.45, 2.75) is 25.9 Å². The first-order chi connectivity index (χ1) is 6.42. The van der Waals surface area contributed by atoms with Gasteiger partial charge in [0.15, 0.2) is 5.78 Å². The number of halogens is 3. The molecule has 0 aliphatic heterocycles. The van der Waals surface area contributed by atoms with Gasteiger partial charge in [0.1, 0.15) is 6.54 Å². The molecule has 0 unspecified atom stereocenters. The summed E-state index contributed by atoms with van der Waals surface area (Å²) in [7, 11) is 0. The normalized spacial score (nSPS) is 17.1. The molecule has 0 atom stereocenters. The van der Waals surface area contributed by atoms with E-state index in [-0.39, 0.29) is 12.3 Å². The van der Waals surface area contributed by atoms with Crippen LogP contribution in [0.2, 0.25) is 0 Å². The van der Waals surface area contributed by atoms with Crippen LogP contribution in [0.3, 0.4) is 0 Å². The lowest BCUT2D eigenvalue weighted by Crippen LogP contribution is -2.33. The van der Waals surface area contributed by atoms with Crippen molar-refractivity contribution < 1.29 is 18.0 Å². The van der Waals surface area contributed by atoms with Gasteiger partial charge in [0, 0.05) is 24.7 Å². The smallest absolute Gasteiger partial charge is 0.366 e.